The van der Waals surface area contributed by atoms with Gasteiger partial charge in [-0.1, -0.05) is 17.7 Å². The first-order chi connectivity index (χ1) is 7.83. The smallest absolute Gasteiger partial charge is 0.0366 e. The number of nitrogens with zero attached hydrogens (tertiary/aromatic N) is 1. The molecule has 16 heavy (non-hydrogen) atoms. The van der Waals surface area contributed by atoms with Gasteiger partial charge in [-0.05, 0) is 44.4 Å². The van der Waals surface area contributed by atoms with Crippen LogP contribution in [0.3, 0.4) is 0 Å². The van der Waals surface area contributed by atoms with E-state index in [4.69, 9.17) is 0 Å². The van der Waals surface area contributed by atoms with Crippen LogP contribution in [0.5, 0.6) is 0 Å². The number of anilines is 1. The number of hydrogen-bond acceptors (Lipinski definition) is 2. The third-order valence-electron chi connectivity index (χ3n) is 4.05. The molecule has 2 aliphatic rings. The minimum absolute atomic E-state index is 0.793. The fraction of sp³-hybridized carbons (Fsp3) is 0.571. The van der Waals surface area contributed by atoms with Crippen molar-refractivity contribution in [1.29, 1.82) is 0 Å². The summed E-state index contributed by atoms with van der Waals surface area (Å²) in [7, 11) is 0. The Balaban J connectivity index is 1.74. The molecule has 1 aromatic rings. The second-order valence-corrected chi connectivity index (χ2v) is 5.18. The van der Waals surface area contributed by atoms with Crippen molar-refractivity contribution in [3.8, 4) is 0 Å². The molecule has 2 atom stereocenters. The van der Waals surface area contributed by atoms with E-state index in [1.807, 2.05) is 0 Å². The normalized spacial score (nSPS) is 29.2. The highest BCUT2D eigenvalue weighted by Crippen LogP contribution is 2.28. The van der Waals surface area contributed by atoms with Crippen molar-refractivity contribution in [3.63, 3.8) is 0 Å². The maximum atomic E-state index is 3.61. The van der Waals surface area contributed by atoms with Gasteiger partial charge in [0, 0.05) is 24.8 Å². The highest BCUT2D eigenvalue weighted by Gasteiger charge is 2.32. The van der Waals surface area contributed by atoms with Crippen LogP contribution >= 0.6 is 0 Å². The van der Waals surface area contributed by atoms with Crippen LogP contribution in [0.1, 0.15) is 18.4 Å². The zero-order valence-electron chi connectivity index (χ0n) is 9.95. The molecular formula is C14H20N2. The number of fused-ring (bicyclic) bond motifs is 1. The van der Waals surface area contributed by atoms with Crippen LogP contribution in [0, 0.1) is 12.8 Å². The SMILES string of the molecule is Cc1ccc(N2CCC3NCCC3C2)cc1. The first-order valence-electron chi connectivity index (χ1n) is 6.38. The van der Waals surface area contributed by atoms with E-state index in [2.05, 4.69) is 41.4 Å². The average Bonchev–Trinajstić information content (AvgIpc) is 2.77. The molecule has 0 bridgehead atoms. The van der Waals surface area contributed by atoms with Gasteiger partial charge in [0.25, 0.3) is 0 Å². The fourth-order valence-corrected chi connectivity index (χ4v) is 3.04. The summed E-state index contributed by atoms with van der Waals surface area (Å²) < 4.78 is 0. The molecule has 0 spiro atoms. The maximum absolute atomic E-state index is 3.61. The van der Waals surface area contributed by atoms with E-state index in [-0.39, 0.29) is 0 Å². The van der Waals surface area contributed by atoms with E-state index in [0.717, 1.165) is 12.0 Å². The van der Waals surface area contributed by atoms with Gasteiger partial charge in [0.2, 0.25) is 0 Å². The van der Waals surface area contributed by atoms with Gasteiger partial charge in [-0.2, -0.15) is 0 Å². The number of piperidine rings is 1. The van der Waals surface area contributed by atoms with Gasteiger partial charge in [0.05, 0.1) is 0 Å². The fourth-order valence-electron chi connectivity index (χ4n) is 3.04. The van der Waals surface area contributed by atoms with Crippen molar-refractivity contribution in [2.24, 2.45) is 5.92 Å². The summed E-state index contributed by atoms with van der Waals surface area (Å²) in [5.74, 6) is 0.870. The lowest BCUT2D eigenvalue weighted by Gasteiger charge is -2.36. The van der Waals surface area contributed by atoms with Gasteiger partial charge in [-0.3, -0.25) is 0 Å². The number of nitrogens with one attached hydrogen (secondary N) is 1. The van der Waals surface area contributed by atoms with E-state index >= 15 is 0 Å². The van der Waals surface area contributed by atoms with Gasteiger partial charge in [-0.25, -0.2) is 0 Å². The summed E-state index contributed by atoms with van der Waals surface area (Å²) >= 11 is 0. The van der Waals surface area contributed by atoms with Crippen LogP contribution in [-0.4, -0.2) is 25.7 Å². The molecule has 2 heteroatoms. The van der Waals surface area contributed by atoms with Crippen LogP contribution in [0.25, 0.3) is 0 Å². The van der Waals surface area contributed by atoms with Crippen LogP contribution in [0.15, 0.2) is 24.3 Å². The first-order valence-corrected chi connectivity index (χ1v) is 6.38. The third kappa shape index (κ3) is 1.82. The molecule has 0 radical (unpaired) electrons. The number of rotatable bonds is 1. The Kier molecular flexibility index (Phi) is 2.60. The van der Waals surface area contributed by atoms with Crippen LogP contribution in [-0.2, 0) is 0 Å². The topological polar surface area (TPSA) is 15.3 Å². The average molecular weight is 216 g/mol. The van der Waals surface area contributed by atoms with Crippen LogP contribution in [0.2, 0.25) is 0 Å². The summed E-state index contributed by atoms with van der Waals surface area (Å²) in [6.45, 7) is 5.81. The minimum atomic E-state index is 0.793. The standard InChI is InChI=1S/C14H20N2/c1-11-2-4-13(5-3-11)16-9-7-14-12(10-16)6-8-15-14/h2-5,12,14-15H,6-10H2,1H3. The number of benzene rings is 1. The molecular weight excluding hydrogens is 196 g/mol. The van der Waals surface area contributed by atoms with E-state index in [9.17, 15) is 0 Å². The molecule has 2 nitrogen and oxygen atoms in total. The predicted molar refractivity (Wildman–Crippen MR) is 67.9 cm³/mol. The molecule has 0 saturated carbocycles. The van der Waals surface area contributed by atoms with E-state index < -0.39 is 0 Å². The molecule has 0 amide bonds. The van der Waals surface area contributed by atoms with Crippen molar-refractivity contribution in [3.05, 3.63) is 29.8 Å². The predicted octanol–water partition coefficient (Wildman–Crippen LogP) is 2.18. The van der Waals surface area contributed by atoms with Gasteiger partial charge < -0.3 is 10.2 Å². The van der Waals surface area contributed by atoms with E-state index in [0.29, 0.717) is 0 Å². The van der Waals surface area contributed by atoms with Gasteiger partial charge in [-0.15, -0.1) is 0 Å². The Morgan fingerprint density at radius 3 is 2.81 bits per heavy atom. The molecule has 2 heterocycles. The molecule has 1 N–H and O–H groups in total. The van der Waals surface area contributed by atoms with Crippen molar-refractivity contribution < 1.29 is 0 Å². The van der Waals surface area contributed by atoms with Crippen molar-refractivity contribution in [2.45, 2.75) is 25.8 Å². The Bertz CT molecular complexity index is 358. The van der Waals surface area contributed by atoms with Crippen molar-refractivity contribution in [1.82, 2.24) is 5.32 Å². The summed E-state index contributed by atoms with van der Waals surface area (Å²) in [6, 6.07) is 9.75. The van der Waals surface area contributed by atoms with Crippen molar-refractivity contribution >= 4 is 5.69 Å². The summed E-state index contributed by atoms with van der Waals surface area (Å²) in [5, 5.41) is 3.61. The number of hydrogen-bond donors (Lipinski definition) is 1. The zero-order valence-corrected chi connectivity index (χ0v) is 9.95. The molecule has 0 aliphatic carbocycles. The molecule has 2 aliphatic heterocycles. The highest BCUT2D eigenvalue weighted by atomic mass is 15.2. The van der Waals surface area contributed by atoms with Gasteiger partial charge in [0.1, 0.15) is 0 Å². The highest BCUT2D eigenvalue weighted by molar-refractivity contribution is 5.48. The molecule has 2 unspecified atom stereocenters. The van der Waals surface area contributed by atoms with Crippen molar-refractivity contribution in [2.75, 3.05) is 24.5 Å². The first kappa shape index (κ1) is 10.2. The summed E-state index contributed by atoms with van der Waals surface area (Å²) in [4.78, 5) is 2.55. The lowest BCUT2D eigenvalue weighted by atomic mass is 9.93. The molecule has 3 rings (SSSR count). The lowest BCUT2D eigenvalue weighted by Crippen LogP contribution is -2.44. The monoisotopic (exact) mass is 216 g/mol. The van der Waals surface area contributed by atoms with Crippen LogP contribution in [0.4, 0.5) is 5.69 Å². The van der Waals surface area contributed by atoms with Crippen LogP contribution < -0.4 is 10.2 Å². The zero-order chi connectivity index (χ0) is 11.0. The second-order valence-electron chi connectivity index (χ2n) is 5.18. The molecule has 2 fully saturated rings. The molecule has 86 valence electrons. The quantitative estimate of drug-likeness (QED) is 0.774. The van der Waals surface area contributed by atoms with Gasteiger partial charge >= 0.3 is 0 Å². The summed E-state index contributed by atoms with van der Waals surface area (Å²) in [6.07, 6.45) is 2.66. The maximum Gasteiger partial charge on any atom is 0.0366 e. The lowest BCUT2D eigenvalue weighted by molar-refractivity contribution is 0.376. The third-order valence-corrected chi connectivity index (χ3v) is 4.05. The molecule has 2 saturated heterocycles. The Labute approximate surface area is 97.6 Å². The largest absolute Gasteiger partial charge is 0.371 e. The second kappa shape index (κ2) is 4.10. The van der Waals surface area contributed by atoms with E-state index in [1.165, 1.54) is 43.7 Å². The Morgan fingerprint density at radius 1 is 1.19 bits per heavy atom. The Hall–Kier alpha value is -1.02. The minimum Gasteiger partial charge on any atom is -0.371 e. The molecule has 0 aromatic heterocycles. The summed E-state index contributed by atoms with van der Waals surface area (Å²) in [5.41, 5.74) is 2.75. The number of aryl methyl sites for hydroxylation is 1. The Morgan fingerprint density at radius 2 is 2.00 bits per heavy atom. The van der Waals surface area contributed by atoms with E-state index in [1.54, 1.807) is 0 Å². The molecule has 1 aromatic carbocycles. The van der Waals surface area contributed by atoms with Gasteiger partial charge in [0.15, 0.2) is 0 Å².